The van der Waals surface area contributed by atoms with Gasteiger partial charge >= 0.3 is 0 Å². The summed E-state index contributed by atoms with van der Waals surface area (Å²) in [6.07, 6.45) is 0.250. The van der Waals surface area contributed by atoms with Crippen LogP contribution in [0.2, 0.25) is 5.02 Å². The maximum Gasteiger partial charge on any atom is 0.264 e. The number of halogens is 1. The Morgan fingerprint density at radius 1 is 0.833 bits per heavy atom. The average Bonchev–Trinajstić information content (AvgIpc) is 3.00. The van der Waals surface area contributed by atoms with Gasteiger partial charge in [-0.3, -0.25) is 13.9 Å². The lowest BCUT2D eigenvalue weighted by atomic mass is 10.0. The highest BCUT2D eigenvalue weighted by molar-refractivity contribution is 7.92. The van der Waals surface area contributed by atoms with Crippen molar-refractivity contribution in [1.82, 2.24) is 10.2 Å². The van der Waals surface area contributed by atoms with Crippen LogP contribution in [0.25, 0.3) is 0 Å². The number of rotatable bonds is 11. The van der Waals surface area contributed by atoms with Crippen LogP contribution in [0.4, 0.5) is 5.69 Å². The van der Waals surface area contributed by atoms with E-state index >= 15 is 0 Å². The van der Waals surface area contributed by atoms with Gasteiger partial charge in [0.15, 0.2) is 0 Å². The highest BCUT2D eigenvalue weighted by Crippen LogP contribution is 2.29. The van der Waals surface area contributed by atoms with Gasteiger partial charge in [0.25, 0.3) is 10.0 Å². The van der Waals surface area contributed by atoms with E-state index in [0.717, 1.165) is 26.6 Å². The molecule has 0 spiro atoms. The van der Waals surface area contributed by atoms with Crippen molar-refractivity contribution in [3.63, 3.8) is 0 Å². The predicted octanol–water partition coefficient (Wildman–Crippen LogP) is 5.54. The van der Waals surface area contributed by atoms with Gasteiger partial charge in [-0.2, -0.15) is 0 Å². The minimum absolute atomic E-state index is 0.0343. The number of anilines is 1. The van der Waals surface area contributed by atoms with Gasteiger partial charge in [-0.15, -0.1) is 0 Å². The van der Waals surface area contributed by atoms with E-state index in [2.05, 4.69) is 5.32 Å². The van der Waals surface area contributed by atoms with Crippen molar-refractivity contribution in [2.24, 2.45) is 0 Å². The van der Waals surface area contributed by atoms with E-state index in [-0.39, 0.29) is 29.5 Å². The number of sulfonamides is 1. The summed E-state index contributed by atoms with van der Waals surface area (Å²) in [6.45, 7) is 3.33. The highest BCUT2D eigenvalue weighted by atomic mass is 35.5. The van der Waals surface area contributed by atoms with Crippen molar-refractivity contribution in [3.05, 3.63) is 130 Å². The zero-order valence-corrected chi connectivity index (χ0v) is 25.4. The molecule has 7 nitrogen and oxygen atoms in total. The smallest absolute Gasteiger partial charge is 0.264 e. The molecule has 0 unspecified atom stereocenters. The van der Waals surface area contributed by atoms with Crippen LogP contribution in [-0.4, -0.2) is 44.8 Å². The Bertz CT molecular complexity index is 1650. The molecule has 9 heteroatoms. The Hall–Kier alpha value is -4.14. The summed E-state index contributed by atoms with van der Waals surface area (Å²) in [6, 6.07) is 29.0. The molecule has 0 saturated carbocycles. The van der Waals surface area contributed by atoms with Crippen LogP contribution in [0, 0.1) is 13.8 Å². The number of carbonyl (C=O) groups is 2. The zero-order chi connectivity index (χ0) is 30.3. The van der Waals surface area contributed by atoms with Crippen LogP contribution in [0.5, 0.6) is 0 Å². The van der Waals surface area contributed by atoms with Gasteiger partial charge in [-0.1, -0.05) is 90.5 Å². The summed E-state index contributed by atoms with van der Waals surface area (Å²) >= 11 is 6.41. The summed E-state index contributed by atoms with van der Waals surface area (Å²) < 4.78 is 29.0. The van der Waals surface area contributed by atoms with E-state index in [0.29, 0.717) is 5.02 Å². The number of hydrogen-bond donors (Lipinski definition) is 1. The lowest BCUT2D eigenvalue weighted by Gasteiger charge is -2.34. The van der Waals surface area contributed by atoms with Crippen molar-refractivity contribution in [3.8, 4) is 0 Å². The Labute approximate surface area is 252 Å². The summed E-state index contributed by atoms with van der Waals surface area (Å²) in [5, 5.41) is 3.07. The van der Waals surface area contributed by atoms with Crippen molar-refractivity contribution >= 4 is 39.1 Å². The minimum atomic E-state index is -4.18. The fraction of sp³-hybridized carbons (Fsp3) is 0.212. The third kappa shape index (κ3) is 7.19. The lowest BCUT2D eigenvalue weighted by molar-refractivity contribution is -0.139. The predicted molar refractivity (Wildman–Crippen MR) is 167 cm³/mol. The summed E-state index contributed by atoms with van der Waals surface area (Å²) in [4.78, 5) is 29.2. The first-order chi connectivity index (χ1) is 20.1. The molecule has 0 aliphatic carbocycles. The molecule has 42 heavy (non-hydrogen) atoms. The Kier molecular flexibility index (Phi) is 10.0. The normalized spacial score (nSPS) is 11.9. The molecule has 0 aromatic heterocycles. The van der Waals surface area contributed by atoms with Gasteiger partial charge in [0.2, 0.25) is 11.8 Å². The fourth-order valence-electron chi connectivity index (χ4n) is 4.68. The summed E-state index contributed by atoms with van der Waals surface area (Å²) in [5.41, 5.74) is 3.69. The van der Waals surface area contributed by atoms with Gasteiger partial charge in [0.05, 0.1) is 10.6 Å². The van der Waals surface area contributed by atoms with Crippen molar-refractivity contribution < 1.29 is 18.0 Å². The van der Waals surface area contributed by atoms with E-state index in [1.165, 1.54) is 30.1 Å². The number of carbonyl (C=O) groups excluding carboxylic acids is 2. The van der Waals surface area contributed by atoms with E-state index in [1.807, 2.05) is 68.4 Å². The number of nitrogens with zero attached hydrogens (tertiary/aromatic N) is 2. The fourth-order valence-corrected chi connectivity index (χ4v) is 6.28. The molecule has 1 atom stereocenters. The van der Waals surface area contributed by atoms with Gasteiger partial charge in [0, 0.05) is 25.0 Å². The topological polar surface area (TPSA) is 86.8 Å². The van der Waals surface area contributed by atoms with Crippen LogP contribution in [-0.2, 0) is 32.6 Å². The standard InChI is InChI=1S/C33H34ClN3O4S/c1-24-12-10-11-15-27(24)22-36(31(33(39)35-3)20-26-13-6-4-7-14-26)32(38)23-37(28-19-18-25(2)30(34)21-28)42(40,41)29-16-8-5-9-17-29/h4-19,21,31H,20,22-23H2,1-3H3,(H,35,39)/t31-/m1/s1. The molecule has 4 rings (SSSR count). The van der Waals surface area contributed by atoms with Crippen molar-refractivity contribution in [2.45, 2.75) is 37.8 Å². The summed E-state index contributed by atoms with van der Waals surface area (Å²) in [7, 11) is -2.65. The Morgan fingerprint density at radius 2 is 1.45 bits per heavy atom. The lowest BCUT2D eigenvalue weighted by Crippen LogP contribution is -2.53. The van der Waals surface area contributed by atoms with Crippen LogP contribution in [0.1, 0.15) is 22.3 Å². The maximum absolute atomic E-state index is 14.3. The largest absolute Gasteiger partial charge is 0.357 e. The molecule has 4 aromatic carbocycles. The number of hydrogen-bond acceptors (Lipinski definition) is 4. The van der Waals surface area contributed by atoms with Gasteiger partial charge < -0.3 is 10.2 Å². The van der Waals surface area contributed by atoms with Crippen molar-refractivity contribution in [2.75, 3.05) is 17.9 Å². The number of nitrogens with one attached hydrogen (secondary N) is 1. The van der Waals surface area contributed by atoms with E-state index in [1.54, 1.807) is 30.3 Å². The minimum Gasteiger partial charge on any atom is -0.357 e. The molecule has 1 N–H and O–H groups in total. The quantitative estimate of drug-likeness (QED) is 0.244. The van der Waals surface area contributed by atoms with Crippen molar-refractivity contribution in [1.29, 1.82) is 0 Å². The van der Waals surface area contributed by atoms with E-state index < -0.39 is 28.5 Å². The molecule has 2 amide bonds. The second-order valence-electron chi connectivity index (χ2n) is 10.0. The number of amides is 2. The molecule has 0 aliphatic heterocycles. The van der Waals surface area contributed by atoms with Crippen LogP contribution >= 0.6 is 11.6 Å². The second kappa shape index (κ2) is 13.7. The van der Waals surface area contributed by atoms with E-state index in [4.69, 9.17) is 11.6 Å². The molecule has 0 fully saturated rings. The molecular weight excluding hydrogens is 570 g/mol. The molecule has 0 radical (unpaired) electrons. The Balaban J connectivity index is 1.81. The molecule has 0 aliphatic rings. The highest BCUT2D eigenvalue weighted by Gasteiger charge is 2.34. The number of benzene rings is 4. The first kappa shape index (κ1) is 30.8. The first-order valence-corrected chi connectivity index (χ1v) is 15.4. The summed E-state index contributed by atoms with van der Waals surface area (Å²) in [5.74, 6) is -0.879. The molecule has 0 saturated heterocycles. The van der Waals surface area contributed by atoms with E-state index in [9.17, 15) is 18.0 Å². The number of likely N-dealkylation sites (N-methyl/N-ethyl adjacent to an activating group) is 1. The Morgan fingerprint density at radius 3 is 2.07 bits per heavy atom. The third-order valence-electron chi connectivity index (χ3n) is 7.17. The first-order valence-electron chi connectivity index (χ1n) is 13.5. The molecule has 218 valence electrons. The maximum atomic E-state index is 14.3. The number of aryl methyl sites for hydroxylation is 2. The zero-order valence-electron chi connectivity index (χ0n) is 23.8. The molecule has 0 heterocycles. The van der Waals surface area contributed by atoms with Gasteiger partial charge in [0.1, 0.15) is 12.6 Å². The molecule has 4 aromatic rings. The average molecular weight is 604 g/mol. The van der Waals surface area contributed by atoms with Crippen LogP contribution in [0.15, 0.2) is 108 Å². The SMILES string of the molecule is CNC(=O)[C@@H](Cc1ccccc1)N(Cc1ccccc1C)C(=O)CN(c1ccc(C)c(Cl)c1)S(=O)(=O)c1ccccc1. The third-order valence-corrected chi connectivity index (χ3v) is 9.37. The molecular formula is C33H34ClN3O4S. The van der Waals surface area contributed by atoms with Gasteiger partial charge in [-0.25, -0.2) is 8.42 Å². The second-order valence-corrected chi connectivity index (χ2v) is 12.3. The molecule has 0 bridgehead atoms. The van der Waals surface area contributed by atoms with Crippen LogP contribution in [0.3, 0.4) is 0 Å². The van der Waals surface area contributed by atoms with Crippen LogP contribution < -0.4 is 9.62 Å². The monoisotopic (exact) mass is 603 g/mol. The van der Waals surface area contributed by atoms with Gasteiger partial charge in [-0.05, 0) is 60.4 Å².